The Morgan fingerprint density at radius 1 is 1.21 bits per heavy atom. The van der Waals surface area contributed by atoms with E-state index in [-0.39, 0.29) is 5.57 Å². The predicted octanol–water partition coefficient (Wildman–Crippen LogP) is 4.69. The SMILES string of the molecule is N#CC(=Cc1cccc(F)c1)C(=O)Nc1ccc(SC(F)F)cc1. The molecule has 0 aliphatic carbocycles. The summed E-state index contributed by atoms with van der Waals surface area (Å²) in [6, 6.07) is 13.0. The Kier molecular flexibility index (Phi) is 6.04. The fourth-order valence-electron chi connectivity index (χ4n) is 1.83. The van der Waals surface area contributed by atoms with Gasteiger partial charge in [0.25, 0.3) is 11.7 Å². The van der Waals surface area contributed by atoms with Gasteiger partial charge in [0.05, 0.1) is 0 Å². The van der Waals surface area contributed by atoms with Crippen LogP contribution in [0.4, 0.5) is 18.9 Å². The Labute approximate surface area is 140 Å². The maximum atomic E-state index is 13.1. The number of hydrogen-bond acceptors (Lipinski definition) is 3. The third-order valence-electron chi connectivity index (χ3n) is 2.86. The van der Waals surface area contributed by atoms with Crippen LogP contribution >= 0.6 is 11.8 Å². The normalized spacial score (nSPS) is 11.2. The fourth-order valence-corrected chi connectivity index (χ4v) is 2.33. The van der Waals surface area contributed by atoms with E-state index in [4.69, 9.17) is 5.26 Å². The average Bonchev–Trinajstić information content (AvgIpc) is 2.54. The highest BCUT2D eigenvalue weighted by molar-refractivity contribution is 7.99. The largest absolute Gasteiger partial charge is 0.321 e. The van der Waals surface area contributed by atoms with Gasteiger partial charge >= 0.3 is 0 Å². The second-order valence-corrected chi connectivity index (χ2v) is 5.65. The Morgan fingerprint density at radius 3 is 2.50 bits per heavy atom. The minimum absolute atomic E-state index is 0.202. The first-order valence-corrected chi connectivity index (χ1v) is 7.59. The van der Waals surface area contributed by atoms with Crippen LogP contribution in [-0.2, 0) is 4.79 Å². The number of halogens is 3. The Morgan fingerprint density at radius 2 is 1.92 bits per heavy atom. The number of benzene rings is 2. The summed E-state index contributed by atoms with van der Waals surface area (Å²) in [4.78, 5) is 12.4. The van der Waals surface area contributed by atoms with Gasteiger partial charge in [0.2, 0.25) is 0 Å². The number of nitriles is 1. The Hall–Kier alpha value is -2.72. The molecule has 0 bridgehead atoms. The minimum atomic E-state index is -2.52. The van der Waals surface area contributed by atoms with E-state index in [2.05, 4.69) is 5.32 Å². The van der Waals surface area contributed by atoms with Crippen LogP contribution in [0.5, 0.6) is 0 Å². The molecule has 0 heterocycles. The van der Waals surface area contributed by atoms with Crippen LogP contribution in [0, 0.1) is 17.1 Å². The summed E-state index contributed by atoms with van der Waals surface area (Å²) in [5.74, 6) is -3.67. The topological polar surface area (TPSA) is 52.9 Å². The van der Waals surface area contributed by atoms with E-state index in [0.717, 1.165) is 0 Å². The van der Waals surface area contributed by atoms with Crippen LogP contribution in [0.1, 0.15) is 5.56 Å². The van der Waals surface area contributed by atoms with Crippen molar-refractivity contribution in [2.45, 2.75) is 10.7 Å². The molecule has 0 aliphatic rings. The van der Waals surface area contributed by atoms with E-state index in [1.807, 2.05) is 0 Å². The van der Waals surface area contributed by atoms with Gasteiger partial charge in [-0.2, -0.15) is 14.0 Å². The number of rotatable bonds is 5. The molecule has 122 valence electrons. The summed E-state index contributed by atoms with van der Waals surface area (Å²) in [5.41, 5.74) is 0.538. The summed E-state index contributed by atoms with van der Waals surface area (Å²) >= 11 is 0.395. The molecule has 2 aromatic carbocycles. The summed E-state index contributed by atoms with van der Waals surface area (Å²) in [6.07, 6.45) is 1.26. The predicted molar refractivity (Wildman–Crippen MR) is 86.9 cm³/mol. The van der Waals surface area contributed by atoms with E-state index in [9.17, 15) is 18.0 Å². The molecule has 0 aliphatic heterocycles. The lowest BCUT2D eigenvalue weighted by Crippen LogP contribution is -2.13. The molecule has 2 aromatic rings. The number of hydrogen-bond donors (Lipinski definition) is 1. The third kappa shape index (κ3) is 5.18. The van der Waals surface area contributed by atoms with E-state index >= 15 is 0 Å². The molecule has 0 saturated heterocycles. The first-order valence-electron chi connectivity index (χ1n) is 6.71. The van der Waals surface area contributed by atoms with Crippen molar-refractivity contribution in [2.75, 3.05) is 5.32 Å². The zero-order valence-corrected chi connectivity index (χ0v) is 13.0. The number of nitrogens with one attached hydrogen (secondary N) is 1. The molecule has 0 fully saturated rings. The molecule has 3 nitrogen and oxygen atoms in total. The van der Waals surface area contributed by atoms with Crippen LogP contribution in [0.25, 0.3) is 6.08 Å². The van der Waals surface area contributed by atoms with Crippen molar-refractivity contribution in [1.29, 1.82) is 5.26 Å². The van der Waals surface area contributed by atoms with Gasteiger partial charge in [-0.15, -0.1) is 0 Å². The van der Waals surface area contributed by atoms with Gasteiger partial charge in [0, 0.05) is 10.6 Å². The molecule has 24 heavy (non-hydrogen) atoms. The van der Waals surface area contributed by atoms with Gasteiger partial charge in [-0.1, -0.05) is 23.9 Å². The van der Waals surface area contributed by atoms with Gasteiger partial charge in [0.15, 0.2) is 0 Å². The molecular weight excluding hydrogens is 337 g/mol. The van der Waals surface area contributed by atoms with Crippen molar-refractivity contribution in [3.8, 4) is 6.07 Å². The monoisotopic (exact) mass is 348 g/mol. The van der Waals surface area contributed by atoms with Gasteiger partial charge in [0.1, 0.15) is 17.5 Å². The number of thioether (sulfide) groups is 1. The molecule has 2 rings (SSSR count). The van der Waals surface area contributed by atoms with Crippen LogP contribution < -0.4 is 5.32 Å². The van der Waals surface area contributed by atoms with E-state index in [1.165, 1.54) is 48.5 Å². The van der Waals surface area contributed by atoms with E-state index in [0.29, 0.717) is 27.9 Å². The molecule has 0 unspecified atom stereocenters. The average molecular weight is 348 g/mol. The van der Waals surface area contributed by atoms with Crippen LogP contribution in [-0.4, -0.2) is 11.7 Å². The quantitative estimate of drug-likeness (QED) is 0.485. The van der Waals surface area contributed by atoms with Crippen LogP contribution in [0.3, 0.4) is 0 Å². The van der Waals surface area contributed by atoms with Crippen molar-refractivity contribution in [1.82, 2.24) is 0 Å². The Balaban J connectivity index is 2.11. The summed E-state index contributed by atoms with van der Waals surface area (Å²) in [6.45, 7) is 0. The molecular formula is C17H11F3N2OS. The second kappa shape index (κ2) is 8.22. The standard InChI is InChI=1S/C17H11F3N2OS/c18-13-3-1-2-11(9-13)8-12(10-21)16(23)22-14-4-6-15(7-5-14)24-17(19)20/h1-9,17H,(H,22,23). The molecule has 0 saturated carbocycles. The van der Waals surface area contributed by atoms with Gasteiger partial charge in [-0.25, -0.2) is 4.39 Å². The molecule has 0 atom stereocenters. The maximum Gasteiger partial charge on any atom is 0.288 e. The number of nitrogens with zero attached hydrogens (tertiary/aromatic N) is 1. The highest BCUT2D eigenvalue weighted by Crippen LogP contribution is 2.26. The van der Waals surface area contributed by atoms with Crippen molar-refractivity contribution in [3.63, 3.8) is 0 Å². The third-order valence-corrected chi connectivity index (χ3v) is 3.58. The lowest BCUT2D eigenvalue weighted by atomic mass is 10.1. The zero-order chi connectivity index (χ0) is 17.5. The van der Waals surface area contributed by atoms with Gasteiger partial charge < -0.3 is 5.32 Å². The van der Waals surface area contributed by atoms with E-state index < -0.39 is 17.5 Å². The van der Waals surface area contributed by atoms with Crippen molar-refractivity contribution >= 4 is 29.4 Å². The molecule has 1 amide bonds. The molecule has 0 spiro atoms. The van der Waals surface area contributed by atoms with E-state index in [1.54, 1.807) is 12.1 Å². The number of anilines is 1. The second-order valence-electron chi connectivity index (χ2n) is 4.58. The van der Waals surface area contributed by atoms with Crippen molar-refractivity contribution in [3.05, 3.63) is 65.5 Å². The van der Waals surface area contributed by atoms with Crippen LogP contribution in [0.2, 0.25) is 0 Å². The molecule has 1 N–H and O–H groups in total. The summed E-state index contributed by atoms with van der Waals surface area (Å²) in [5, 5.41) is 11.6. The van der Waals surface area contributed by atoms with Gasteiger partial charge in [-0.05, 0) is 48.0 Å². The van der Waals surface area contributed by atoms with Crippen molar-refractivity contribution in [2.24, 2.45) is 0 Å². The smallest absolute Gasteiger partial charge is 0.288 e. The van der Waals surface area contributed by atoms with Crippen molar-refractivity contribution < 1.29 is 18.0 Å². The minimum Gasteiger partial charge on any atom is -0.321 e. The first kappa shape index (κ1) is 17.6. The zero-order valence-electron chi connectivity index (χ0n) is 12.2. The fraction of sp³-hybridized carbons (Fsp3) is 0.0588. The highest BCUT2D eigenvalue weighted by Gasteiger charge is 2.10. The van der Waals surface area contributed by atoms with Crippen LogP contribution in [0.15, 0.2) is 59.0 Å². The molecule has 0 radical (unpaired) electrons. The summed E-state index contributed by atoms with van der Waals surface area (Å²) in [7, 11) is 0. The van der Waals surface area contributed by atoms with Gasteiger partial charge in [-0.3, -0.25) is 4.79 Å². The lowest BCUT2D eigenvalue weighted by Gasteiger charge is -2.06. The number of carbonyl (C=O) groups excluding carboxylic acids is 1. The maximum absolute atomic E-state index is 13.1. The molecule has 7 heteroatoms. The molecule has 0 aromatic heterocycles. The highest BCUT2D eigenvalue weighted by atomic mass is 32.2. The number of carbonyl (C=O) groups is 1. The number of alkyl halides is 2. The first-order chi connectivity index (χ1) is 11.5. The number of amides is 1. The lowest BCUT2D eigenvalue weighted by molar-refractivity contribution is -0.112. The summed E-state index contributed by atoms with van der Waals surface area (Å²) < 4.78 is 37.6. The Bertz CT molecular complexity index is 798.